The van der Waals surface area contributed by atoms with Gasteiger partial charge in [-0.15, -0.1) is 12.4 Å². The molecular formula is C20H23Cl3FN3O. The lowest BCUT2D eigenvalue weighted by Crippen LogP contribution is -2.52. The van der Waals surface area contributed by atoms with E-state index in [1.807, 2.05) is 11.8 Å². The van der Waals surface area contributed by atoms with Gasteiger partial charge in [-0.2, -0.15) is 0 Å². The predicted octanol–water partition coefficient (Wildman–Crippen LogP) is 5.06. The van der Waals surface area contributed by atoms with Crippen LogP contribution in [0.4, 0.5) is 9.18 Å². The fourth-order valence-electron chi connectivity index (χ4n) is 3.43. The van der Waals surface area contributed by atoms with E-state index in [1.165, 1.54) is 12.1 Å². The maximum absolute atomic E-state index is 13.5. The van der Waals surface area contributed by atoms with Gasteiger partial charge in [0.2, 0.25) is 0 Å². The molecule has 1 aliphatic heterocycles. The molecule has 2 aromatic carbocycles. The lowest BCUT2D eigenvalue weighted by molar-refractivity contribution is 0.126. The van der Waals surface area contributed by atoms with Gasteiger partial charge in [-0.3, -0.25) is 0 Å². The SMILES string of the molecule is Cc1cc(F)ccc1[C@H]1CNCCN1C(=O)N(C)Cc1cc(Cl)ccc1Cl.Cl. The summed E-state index contributed by atoms with van der Waals surface area (Å²) in [6.07, 6.45) is 0. The third-order valence-corrected chi connectivity index (χ3v) is 5.43. The highest BCUT2D eigenvalue weighted by molar-refractivity contribution is 6.33. The Kier molecular flexibility index (Phi) is 7.96. The Morgan fingerprint density at radius 2 is 2.04 bits per heavy atom. The van der Waals surface area contributed by atoms with Crippen LogP contribution in [0.2, 0.25) is 10.0 Å². The quantitative estimate of drug-likeness (QED) is 0.715. The van der Waals surface area contributed by atoms with E-state index >= 15 is 0 Å². The number of halogens is 4. The van der Waals surface area contributed by atoms with E-state index in [1.54, 1.807) is 36.2 Å². The van der Waals surface area contributed by atoms with Crippen LogP contribution in [0.1, 0.15) is 22.7 Å². The van der Waals surface area contributed by atoms with Crippen molar-refractivity contribution in [3.63, 3.8) is 0 Å². The van der Waals surface area contributed by atoms with Crippen molar-refractivity contribution < 1.29 is 9.18 Å². The van der Waals surface area contributed by atoms with Gasteiger partial charge in [0.1, 0.15) is 5.82 Å². The number of aryl methyl sites for hydroxylation is 1. The number of hydrogen-bond donors (Lipinski definition) is 1. The average Bonchev–Trinajstić information content (AvgIpc) is 2.64. The van der Waals surface area contributed by atoms with Gasteiger partial charge in [0.25, 0.3) is 0 Å². The number of benzene rings is 2. The topological polar surface area (TPSA) is 35.6 Å². The first kappa shape index (κ1) is 22.8. The Balaban J connectivity index is 0.00000280. The minimum atomic E-state index is -0.273. The second-order valence-electron chi connectivity index (χ2n) is 6.79. The molecular weight excluding hydrogens is 424 g/mol. The van der Waals surface area contributed by atoms with Gasteiger partial charge in [0.05, 0.1) is 6.04 Å². The molecule has 1 heterocycles. The Labute approximate surface area is 181 Å². The molecule has 0 unspecified atom stereocenters. The molecule has 1 fully saturated rings. The molecule has 4 nitrogen and oxygen atoms in total. The smallest absolute Gasteiger partial charge is 0.320 e. The third-order valence-electron chi connectivity index (χ3n) is 4.82. The average molecular weight is 447 g/mol. The van der Waals surface area contributed by atoms with E-state index in [0.717, 1.165) is 16.7 Å². The summed E-state index contributed by atoms with van der Waals surface area (Å²) in [6.45, 7) is 4.15. The van der Waals surface area contributed by atoms with E-state index < -0.39 is 0 Å². The Bertz CT molecular complexity index is 849. The number of amides is 2. The van der Waals surface area contributed by atoms with Crippen LogP contribution in [0.15, 0.2) is 36.4 Å². The monoisotopic (exact) mass is 445 g/mol. The summed E-state index contributed by atoms with van der Waals surface area (Å²) >= 11 is 12.3. The van der Waals surface area contributed by atoms with Gasteiger partial charge >= 0.3 is 6.03 Å². The van der Waals surface area contributed by atoms with E-state index in [2.05, 4.69) is 5.32 Å². The second kappa shape index (κ2) is 9.79. The molecule has 0 aliphatic carbocycles. The Morgan fingerprint density at radius 1 is 1.29 bits per heavy atom. The third kappa shape index (κ3) is 5.09. The molecule has 0 radical (unpaired) electrons. The summed E-state index contributed by atoms with van der Waals surface area (Å²) in [5, 5.41) is 4.48. The fourth-order valence-corrected chi connectivity index (χ4v) is 3.80. The molecule has 2 amide bonds. The molecule has 1 saturated heterocycles. The molecule has 3 rings (SSSR count). The summed E-state index contributed by atoms with van der Waals surface area (Å²) in [5.41, 5.74) is 2.58. The van der Waals surface area contributed by atoms with Crippen LogP contribution in [-0.4, -0.2) is 42.5 Å². The van der Waals surface area contributed by atoms with Gasteiger partial charge in [-0.25, -0.2) is 9.18 Å². The van der Waals surface area contributed by atoms with Crippen molar-refractivity contribution in [2.75, 3.05) is 26.7 Å². The van der Waals surface area contributed by atoms with Gasteiger partial charge < -0.3 is 15.1 Å². The largest absolute Gasteiger partial charge is 0.323 e. The first-order valence-corrected chi connectivity index (χ1v) is 9.55. The highest BCUT2D eigenvalue weighted by Crippen LogP contribution is 2.28. The molecule has 0 spiro atoms. The first-order chi connectivity index (χ1) is 12.9. The van der Waals surface area contributed by atoms with E-state index in [-0.39, 0.29) is 30.3 Å². The van der Waals surface area contributed by atoms with Crippen molar-refractivity contribution in [1.29, 1.82) is 0 Å². The highest BCUT2D eigenvalue weighted by atomic mass is 35.5. The molecule has 1 N–H and O–H groups in total. The van der Waals surface area contributed by atoms with Crippen molar-refractivity contribution in [3.8, 4) is 0 Å². The number of nitrogens with one attached hydrogen (secondary N) is 1. The lowest BCUT2D eigenvalue weighted by atomic mass is 9.98. The van der Waals surface area contributed by atoms with Crippen molar-refractivity contribution in [3.05, 3.63) is 69.0 Å². The lowest BCUT2D eigenvalue weighted by Gasteiger charge is -2.39. The fraction of sp³-hybridized carbons (Fsp3) is 0.350. The maximum atomic E-state index is 13.5. The maximum Gasteiger partial charge on any atom is 0.320 e. The van der Waals surface area contributed by atoms with Crippen molar-refractivity contribution >= 4 is 41.6 Å². The van der Waals surface area contributed by atoms with Gasteiger partial charge in [0, 0.05) is 43.3 Å². The Morgan fingerprint density at radius 3 is 2.75 bits per heavy atom. The Hall–Kier alpha value is -1.53. The van der Waals surface area contributed by atoms with Crippen LogP contribution in [0, 0.1) is 12.7 Å². The summed E-state index contributed by atoms with van der Waals surface area (Å²) in [7, 11) is 1.75. The number of carbonyl (C=O) groups is 1. The molecule has 0 aromatic heterocycles. The number of urea groups is 1. The number of hydrogen-bond acceptors (Lipinski definition) is 2. The van der Waals surface area contributed by atoms with Crippen LogP contribution >= 0.6 is 35.6 Å². The van der Waals surface area contributed by atoms with Gasteiger partial charge in [-0.1, -0.05) is 29.3 Å². The molecule has 2 aromatic rings. The minimum Gasteiger partial charge on any atom is -0.323 e. The molecule has 28 heavy (non-hydrogen) atoms. The predicted molar refractivity (Wildman–Crippen MR) is 114 cm³/mol. The molecule has 8 heteroatoms. The minimum absolute atomic E-state index is 0. The van der Waals surface area contributed by atoms with Crippen molar-refractivity contribution in [1.82, 2.24) is 15.1 Å². The zero-order valence-electron chi connectivity index (χ0n) is 15.7. The molecule has 152 valence electrons. The number of rotatable bonds is 3. The second-order valence-corrected chi connectivity index (χ2v) is 7.63. The first-order valence-electron chi connectivity index (χ1n) is 8.79. The van der Waals surface area contributed by atoms with Crippen LogP contribution in [-0.2, 0) is 6.54 Å². The van der Waals surface area contributed by atoms with Gasteiger partial charge in [-0.05, 0) is 53.9 Å². The summed E-state index contributed by atoms with van der Waals surface area (Å²) in [4.78, 5) is 16.6. The number of piperazine rings is 1. The number of nitrogens with zero attached hydrogens (tertiary/aromatic N) is 2. The summed E-state index contributed by atoms with van der Waals surface area (Å²) in [6, 6.07) is 9.68. The summed E-state index contributed by atoms with van der Waals surface area (Å²) in [5.74, 6) is -0.273. The van der Waals surface area contributed by atoms with E-state index in [4.69, 9.17) is 23.2 Å². The summed E-state index contributed by atoms with van der Waals surface area (Å²) < 4.78 is 13.5. The zero-order valence-corrected chi connectivity index (χ0v) is 18.0. The van der Waals surface area contributed by atoms with E-state index in [0.29, 0.717) is 36.2 Å². The van der Waals surface area contributed by atoms with Crippen LogP contribution < -0.4 is 5.32 Å². The highest BCUT2D eigenvalue weighted by Gasteiger charge is 2.31. The zero-order chi connectivity index (χ0) is 19.6. The van der Waals surface area contributed by atoms with Crippen LogP contribution in [0.3, 0.4) is 0 Å². The normalized spacial score (nSPS) is 16.5. The molecule has 1 atom stereocenters. The standard InChI is InChI=1S/C20H22Cl2FN3O.ClH/c1-13-9-16(23)4-5-17(13)19-11-24-7-8-26(19)20(27)25(2)12-14-10-15(21)3-6-18(14)22;/h3-6,9-10,19,24H,7-8,11-12H2,1-2H3;1H/t19-;/m1./s1. The van der Waals surface area contributed by atoms with Crippen molar-refractivity contribution in [2.45, 2.75) is 19.5 Å². The van der Waals surface area contributed by atoms with Crippen LogP contribution in [0.5, 0.6) is 0 Å². The molecule has 0 saturated carbocycles. The molecule has 0 bridgehead atoms. The van der Waals surface area contributed by atoms with Crippen LogP contribution in [0.25, 0.3) is 0 Å². The van der Waals surface area contributed by atoms with Crippen molar-refractivity contribution in [2.24, 2.45) is 0 Å². The van der Waals surface area contributed by atoms with E-state index in [9.17, 15) is 9.18 Å². The number of carbonyl (C=O) groups excluding carboxylic acids is 1. The molecule has 1 aliphatic rings. The van der Waals surface area contributed by atoms with Gasteiger partial charge in [0.15, 0.2) is 0 Å².